The average molecular weight is 368 g/mol. The number of carbonyl (C=O) groups excluding carboxylic acids is 1. The lowest BCUT2D eigenvalue weighted by atomic mass is 10.0. The summed E-state index contributed by atoms with van der Waals surface area (Å²) in [6.07, 6.45) is 3.03. The second-order valence-electron chi connectivity index (χ2n) is 6.83. The van der Waals surface area contributed by atoms with E-state index in [0.717, 1.165) is 18.5 Å². The minimum absolute atomic E-state index is 0.0682. The molecule has 1 aromatic carbocycles. The summed E-state index contributed by atoms with van der Waals surface area (Å²) in [5, 5.41) is 2.82. The fraction of sp³-hybridized carbons (Fsp3) is 0.611. The van der Waals surface area contributed by atoms with Crippen molar-refractivity contribution < 1.29 is 17.9 Å². The molecule has 1 N–H and O–H groups in total. The van der Waals surface area contributed by atoms with Crippen LogP contribution >= 0.6 is 0 Å². The summed E-state index contributed by atoms with van der Waals surface area (Å²) in [6, 6.07) is 7.71. The first-order chi connectivity index (χ1) is 11.8. The smallest absolute Gasteiger partial charge is 0.225 e. The summed E-state index contributed by atoms with van der Waals surface area (Å²) in [7, 11) is -3.36. The molecular formula is C18H28N2O4S. The summed E-state index contributed by atoms with van der Waals surface area (Å²) < 4.78 is 30.7. The van der Waals surface area contributed by atoms with Crippen LogP contribution in [-0.4, -0.2) is 50.7 Å². The fourth-order valence-electron chi connectivity index (χ4n) is 2.81. The predicted octanol–water partition coefficient (Wildman–Crippen LogP) is 2.58. The first kappa shape index (κ1) is 19.9. The SMILES string of the molecule is CC(C)c1ccc(NC(=O)CCN(CC2CCCO2)S(C)(=O)=O)cc1. The van der Waals surface area contributed by atoms with Crippen molar-refractivity contribution in [1.82, 2.24) is 4.31 Å². The van der Waals surface area contributed by atoms with Crippen LogP contribution in [0.1, 0.15) is 44.6 Å². The second kappa shape index (κ2) is 8.78. The maximum Gasteiger partial charge on any atom is 0.225 e. The largest absolute Gasteiger partial charge is 0.377 e. The van der Waals surface area contributed by atoms with Gasteiger partial charge in [0.15, 0.2) is 0 Å². The Labute approximate surface area is 150 Å². The Kier molecular flexibility index (Phi) is 6.98. The monoisotopic (exact) mass is 368 g/mol. The fourth-order valence-corrected chi connectivity index (χ4v) is 3.67. The van der Waals surface area contributed by atoms with Gasteiger partial charge in [-0.2, -0.15) is 4.31 Å². The summed E-state index contributed by atoms with van der Waals surface area (Å²) in [6.45, 7) is 5.38. The molecule has 1 amide bonds. The third kappa shape index (κ3) is 6.41. The summed E-state index contributed by atoms with van der Waals surface area (Å²) in [5.74, 6) is 0.240. The first-order valence-corrected chi connectivity index (χ1v) is 10.6. The van der Waals surface area contributed by atoms with Gasteiger partial charge in [0.2, 0.25) is 15.9 Å². The van der Waals surface area contributed by atoms with Gasteiger partial charge in [0.25, 0.3) is 0 Å². The van der Waals surface area contributed by atoms with Crippen LogP contribution in [0.25, 0.3) is 0 Å². The van der Waals surface area contributed by atoms with Gasteiger partial charge in [-0.25, -0.2) is 8.42 Å². The molecule has 0 bridgehead atoms. The molecule has 0 aromatic heterocycles. The Bertz CT molecular complexity index is 665. The van der Waals surface area contributed by atoms with Gasteiger partial charge < -0.3 is 10.1 Å². The van der Waals surface area contributed by atoms with Crippen molar-refractivity contribution >= 4 is 21.6 Å². The van der Waals surface area contributed by atoms with Crippen molar-refractivity contribution in [2.75, 3.05) is 31.3 Å². The second-order valence-corrected chi connectivity index (χ2v) is 8.81. The number of sulfonamides is 1. The molecule has 6 nitrogen and oxygen atoms in total. The Morgan fingerprint density at radius 1 is 1.32 bits per heavy atom. The molecule has 1 aliphatic rings. The molecule has 1 fully saturated rings. The number of amides is 1. The van der Waals surface area contributed by atoms with Crippen molar-refractivity contribution in [3.63, 3.8) is 0 Å². The first-order valence-electron chi connectivity index (χ1n) is 8.72. The van der Waals surface area contributed by atoms with Gasteiger partial charge in [0, 0.05) is 31.8 Å². The number of rotatable bonds is 8. The Hall–Kier alpha value is -1.44. The van der Waals surface area contributed by atoms with Crippen LogP contribution in [-0.2, 0) is 19.6 Å². The predicted molar refractivity (Wildman–Crippen MR) is 99.2 cm³/mol. The number of hydrogen-bond donors (Lipinski definition) is 1. The highest BCUT2D eigenvalue weighted by Gasteiger charge is 2.25. The van der Waals surface area contributed by atoms with Crippen molar-refractivity contribution in [2.24, 2.45) is 0 Å². The molecule has 0 aliphatic carbocycles. The Morgan fingerprint density at radius 2 is 2.00 bits per heavy atom. The van der Waals surface area contributed by atoms with Crippen LogP contribution in [0, 0.1) is 0 Å². The van der Waals surface area contributed by atoms with Crippen LogP contribution in [0.5, 0.6) is 0 Å². The van der Waals surface area contributed by atoms with E-state index in [4.69, 9.17) is 4.74 Å². The van der Waals surface area contributed by atoms with Gasteiger partial charge >= 0.3 is 0 Å². The van der Waals surface area contributed by atoms with E-state index >= 15 is 0 Å². The molecule has 0 radical (unpaired) electrons. The number of anilines is 1. The Balaban J connectivity index is 1.87. The van der Waals surface area contributed by atoms with Crippen LogP contribution in [0.3, 0.4) is 0 Å². The van der Waals surface area contributed by atoms with E-state index in [9.17, 15) is 13.2 Å². The van der Waals surface area contributed by atoms with Crippen molar-refractivity contribution in [3.05, 3.63) is 29.8 Å². The summed E-state index contributed by atoms with van der Waals surface area (Å²) in [4.78, 5) is 12.1. The Morgan fingerprint density at radius 3 is 2.52 bits per heavy atom. The molecule has 25 heavy (non-hydrogen) atoms. The van der Waals surface area contributed by atoms with Gasteiger partial charge in [0.1, 0.15) is 0 Å². The number of nitrogens with zero attached hydrogens (tertiary/aromatic N) is 1. The van der Waals surface area contributed by atoms with Crippen LogP contribution < -0.4 is 5.32 Å². The quantitative estimate of drug-likeness (QED) is 0.765. The van der Waals surface area contributed by atoms with Crippen molar-refractivity contribution in [3.8, 4) is 0 Å². The minimum Gasteiger partial charge on any atom is -0.377 e. The van der Waals surface area contributed by atoms with Crippen LogP contribution in [0.4, 0.5) is 5.69 Å². The highest BCUT2D eigenvalue weighted by atomic mass is 32.2. The molecule has 1 heterocycles. The van der Waals surface area contributed by atoms with Gasteiger partial charge in [-0.05, 0) is 36.5 Å². The standard InChI is InChI=1S/C18H28N2O4S/c1-14(2)15-6-8-16(9-7-15)19-18(21)10-11-20(25(3,22)23)13-17-5-4-12-24-17/h6-9,14,17H,4-5,10-13H2,1-3H3,(H,19,21). The summed E-state index contributed by atoms with van der Waals surface area (Å²) >= 11 is 0. The maximum absolute atomic E-state index is 12.1. The van der Waals surface area contributed by atoms with E-state index in [0.29, 0.717) is 19.1 Å². The van der Waals surface area contributed by atoms with Gasteiger partial charge in [-0.15, -0.1) is 0 Å². The molecule has 0 saturated carbocycles. The van der Waals surface area contributed by atoms with E-state index in [2.05, 4.69) is 19.2 Å². The van der Waals surface area contributed by atoms with E-state index in [1.165, 1.54) is 16.1 Å². The van der Waals surface area contributed by atoms with E-state index in [1.807, 2.05) is 24.3 Å². The molecule has 2 rings (SSSR count). The number of hydrogen-bond acceptors (Lipinski definition) is 4. The van der Waals surface area contributed by atoms with Crippen molar-refractivity contribution in [2.45, 2.75) is 45.1 Å². The van der Waals surface area contributed by atoms with E-state index < -0.39 is 10.0 Å². The number of nitrogens with one attached hydrogen (secondary N) is 1. The molecule has 1 atom stereocenters. The van der Waals surface area contributed by atoms with Crippen LogP contribution in [0.15, 0.2) is 24.3 Å². The zero-order valence-corrected chi connectivity index (χ0v) is 16.0. The lowest BCUT2D eigenvalue weighted by molar-refractivity contribution is -0.116. The third-order valence-electron chi connectivity index (χ3n) is 4.35. The molecule has 0 spiro atoms. The lowest BCUT2D eigenvalue weighted by Gasteiger charge is -2.22. The molecular weight excluding hydrogens is 340 g/mol. The maximum atomic E-state index is 12.1. The van der Waals surface area contributed by atoms with E-state index in [-0.39, 0.29) is 25.0 Å². The molecule has 1 aliphatic heterocycles. The molecule has 7 heteroatoms. The number of carbonyl (C=O) groups is 1. The highest BCUT2D eigenvalue weighted by Crippen LogP contribution is 2.18. The van der Waals surface area contributed by atoms with Crippen LogP contribution in [0.2, 0.25) is 0 Å². The topological polar surface area (TPSA) is 75.7 Å². The zero-order valence-electron chi connectivity index (χ0n) is 15.2. The number of benzene rings is 1. The lowest BCUT2D eigenvalue weighted by Crippen LogP contribution is -2.38. The molecule has 1 saturated heterocycles. The minimum atomic E-state index is -3.36. The highest BCUT2D eigenvalue weighted by molar-refractivity contribution is 7.88. The molecule has 140 valence electrons. The average Bonchev–Trinajstić information content (AvgIpc) is 3.04. The van der Waals surface area contributed by atoms with Gasteiger partial charge in [0.05, 0.1) is 12.4 Å². The van der Waals surface area contributed by atoms with Gasteiger partial charge in [-0.1, -0.05) is 26.0 Å². The zero-order chi connectivity index (χ0) is 18.4. The van der Waals surface area contributed by atoms with E-state index in [1.54, 1.807) is 0 Å². The number of ether oxygens (including phenoxy) is 1. The van der Waals surface area contributed by atoms with Crippen molar-refractivity contribution in [1.29, 1.82) is 0 Å². The van der Waals surface area contributed by atoms with Gasteiger partial charge in [-0.3, -0.25) is 4.79 Å². The molecule has 1 unspecified atom stereocenters. The normalized spacial score (nSPS) is 18.0. The summed E-state index contributed by atoms with van der Waals surface area (Å²) in [5.41, 5.74) is 1.93. The third-order valence-corrected chi connectivity index (χ3v) is 5.62. The molecule has 1 aromatic rings.